The molecular formula is C45H49I3K2N4O7. The maximum atomic E-state index is 13.3. The fourth-order valence-corrected chi connectivity index (χ4v) is 8.79. The van der Waals surface area contributed by atoms with Crippen LogP contribution >= 0.6 is 67.8 Å². The number of halogens is 3. The van der Waals surface area contributed by atoms with Crippen molar-refractivity contribution in [1.82, 2.24) is 0 Å². The third-order valence-corrected chi connectivity index (χ3v) is 12.4. The number of carbonyl (C=O) groups is 3. The number of para-hydroxylation sites is 2. The monoisotopic (exact) mass is 1220 g/mol. The molecule has 0 spiro atoms. The van der Waals surface area contributed by atoms with E-state index in [1.807, 2.05) is 72.6 Å². The van der Waals surface area contributed by atoms with E-state index in [0.717, 1.165) is 42.0 Å². The van der Waals surface area contributed by atoms with Gasteiger partial charge < -0.3 is 21.4 Å². The number of rotatable bonds is 11. The summed E-state index contributed by atoms with van der Waals surface area (Å²) in [6.45, 7) is 4.31. The minimum absolute atomic E-state index is 0. The smallest absolute Gasteiger partial charge is 1.00 e. The van der Waals surface area contributed by atoms with Gasteiger partial charge in [0.05, 0.1) is 41.2 Å². The number of aryl methyl sites for hydroxylation is 2. The predicted octanol–water partition coefficient (Wildman–Crippen LogP) is 3.84. The number of phenols is 1. The quantitative estimate of drug-likeness (QED) is 0.0458. The van der Waals surface area contributed by atoms with Crippen molar-refractivity contribution >= 4 is 121 Å². The van der Waals surface area contributed by atoms with E-state index < -0.39 is 0 Å². The fourth-order valence-electron chi connectivity index (χ4n) is 7.17. The number of benzene rings is 4. The molecule has 0 aromatic heterocycles. The van der Waals surface area contributed by atoms with E-state index >= 15 is 0 Å². The molecule has 8 rings (SSSR count). The normalized spacial score (nSPS) is 15.6. The van der Waals surface area contributed by atoms with Crippen LogP contribution in [0, 0.1) is 13.8 Å². The number of aliphatic imine (C=N–C) groups is 2. The summed E-state index contributed by atoms with van der Waals surface area (Å²) in [6, 6.07) is 23.1. The molecule has 4 aliphatic heterocycles. The number of anilines is 2. The first-order valence-electron chi connectivity index (χ1n) is 19.6. The Morgan fingerprint density at radius 2 is 1.16 bits per heavy atom. The molecule has 4 aromatic rings. The van der Waals surface area contributed by atoms with Gasteiger partial charge in [-0.05, 0) is 106 Å². The molecule has 0 bridgehead atoms. The SMILES string of the molecule is Cc1cc2c(cc1O)N=C[C@@H]1Cc3ccccc3N1C2=O.Cc1cc2c(cc1OCCCCCI)N=C[C@@H]1Cc3ccccc3N1C2=O.ICCCCCI.O=CO[O-].[H-].[K+].[K+]. The molecule has 4 aliphatic rings. The van der Waals surface area contributed by atoms with E-state index in [2.05, 4.69) is 88.7 Å². The van der Waals surface area contributed by atoms with Gasteiger partial charge in [-0.25, -0.2) is 0 Å². The molecule has 2 amide bonds. The number of nitrogens with zero attached hydrogens (tertiary/aromatic N) is 4. The van der Waals surface area contributed by atoms with E-state index in [4.69, 9.17) is 14.8 Å². The second kappa shape index (κ2) is 28.6. The number of phenolic OH excluding ortho intramolecular Hbond substituents is 1. The van der Waals surface area contributed by atoms with Crippen molar-refractivity contribution in [3.8, 4) is 11.5 Å². The molecule has 4 heterocycles. The van der Waals surface area contributed by atoms with Crippen LogP contribution in [0.4, 0.5) is 22.7 Å². The van der Waals surface area contributed by atoms with Crippen LogP contribution in [-0.2, 0) is 22.5 Å². The number of aromatic hydroxyl groups is 1. The molecule has 16 heteroatoms. The number of alkyl halides is 3. The minimum atomic E-state index is -0.181. The van der Waals surface area contributed by atoms with Crippen molar-refractivity contribution in [2.75, 3.05) is 29.7 Å². The van der Waals surface area contributed by atoms with E-state index in [-0.39, 0.29) is 140 Å². The van der Waals surface area contributed by atoms with Crippen molar-refractivity contribution < 1.29 is 139 Å². The van der Waals surface area contributed by atoms with E-state index in [9.17, 15) is 14.7 Å². The number of unbranched alkanes of at least 4 members (excludes halogenated alkanes) is 4. The number of fused-ring (bicyclic) bond motifs is 8. The molecule has 1 N–H and O–H groups in total. The predicted molar refractivity (Wildman–Crippen MR) is 260 cm³/mol. The molecule has 4 aromatic carbocycles. The van der Waals surface area contributed by atoms with Crippen LogP contribution in [0.3, 0.4) is 0 Å². The molecule has 11 nitrogen and oxygen atoms in total. The van der Waals surface area contributed by atoms with Crippen LogP contribution in [0.2, 0.25) is 0 Å². The molecule has 0 aliphatic carbocycles. The van der Waals surface area contributed by atoms with Gasteiger partial charge in [0, 0.05) is 48.8 Å². The maximum absolute atomic E-state index is 13.3. The van der Waals surface area contributed by atoms with Crippen molar-refractivity contribution in [3.05, 3.63) is 106 Å². The average molecular weight is 1220 g/mol. The van der Waals surface area contributed by atoms with E-state index in [0.29, 0.717) is 34.7 Å². The van der Waals surface area contributed by atoms with Crippen LogP contribution in [-0.4, -0.2) is 67.8 Å². The third-order valence-electron chi connectivity index (χ3n) is 10.1. The van der Waals surface area contributed by atoms with Crippen LogP contribution in [0.1, 0.15) is 82.9 Å². The number of carbonyl (C=O) groups excluding carboxylic acids is 3. The Kier molecular flexibility index (Phi) is 25.8. The summed E-state index contributed by atoms with van der Waals surface area (Å²) in [5.74, 6) is 0.964. The first kappa shape index (κ1) is 55.0. The first-order chi connectivity index (χ1) is 28.7. The van der Waals surface area contributed by atoms with Gasteiger partial charge in [-0.1, -0.05) is 111 Å². The molecule has 0 fully saturated rings. The topological polar surface area (TPSA) is 144 Å². The fraction of sp³-hybridized carbons (Fsp3) is 0.356. The summed E-state index contributed by atoms with van der Waals surface area (Å²) < 4.78 is 9.82. The van der Waals surface area contributed by atoms with Gasteiger partial charge in [0.2, 0.25) is 0 Å². The van der Waals surface area contributed by atoms with Gasteiger partial charge in [0.1, 0.15) is 11.5 Å². The van der Waals surface area contributed by atoms with Crippen molar-refractivity contribution in [2.24, 2.45) is 9.98 Å². The number of hydrogen-bond donors (Lipinski definition) is 1. The zero-order valence-corrected chi connectivity index (χ0v) is 47.8. The molecule has 0 radical (unpaired) electrons. The van der Waals surface area contributed by atoms with Crippen molar-refractivity contribution in [2.45, 2.75) is 77.3 Å². The van der Waals surface area contributed by atoms with Crippen LogP contribution in [0.25, 0.3) is 0 Å². The Labute approximate surface area is 486 Å². The van der Waals surface area contributed by atoms with Gasteiger partial charge in [0.25, 0.3) is 18.3 Å². The third kappa shape index (κ3) is 14.8. The van der Waals surface area contributed by atoms with E-state index in [1.165, 1.54) is 56.5 Å². The van der Waals surface area contributed by atoms with Crippen molar-refractivity contribution in [3.63, 3.8) is 0 Å². The van der Waals surface area contributed by atoms with Gasteiger partial charge in [-0.2, -0.15) is 0 Å². The maximum Gasteiger partial charge on any atom is 1.00 e. The standard InChI is InChI=1S/C22H23IN2O2.C17H14N2O2.C5H10I2.CH2O3.2K.H/c1-15-11-18-19(13-21(15)27-10-6-2-5-9-23)24-14-17-12-16-7-3-4-8-20(16)25(17)22(18)26;1-10-6-13-14(8-16(10)20)18-9-12-7-11-4-2-3-5-15(11)19(12)17(13)21;6-4-2-1-3-5-7;2-1-4-3;;;/h3-4,7-8,11,13-14,17H,2,5-6,9-10,12H2,1H3;2-6,8-9,12,20H,7H2,1H3;1-5H2;1,3H;;;/q;;;;2*+1;-1/p-1/t17-;12-;;;;;/m00...../s1. The largest absolute Gasteiger partial charge is 1.00 e. The van der Waals surface area contributed by atoms with Gasteiger partial charge in [0.15, 0.2) is 0 Å². The van der Waals surface area contributed by atoms with E-state index in [1.54, 1.807) is 30.2 Å². The molecular weight excluding hydrogens is 1170 g/mol. The summed E-state index contributed by atoms with van der Waals surface area (Å²) in [5, 5.41) is 18.2. The molecule has 0 unspecified atom stereocenters. The summed E-state index contributed by atoms with van der Waals surface area (Å²) in [5.41, 5.74) is 8.43. The molecule has 0 saturated heterocycles. The second-order valence-electron chi connectivity index (χ2n) is 14.2. The zero-order valence-electron chi connectivity index (χ0n) is 36.1. The summed E-state index contributed by atoms with van der Waals surface area (Å²) in [4.78, 5) is 50.2. The van der Waals surface area contributed by atoms with Gasteiger partial charge in [-0.15, -0.1) is 0 Å². The molecule has 61 heavy (non-hydrogen) atoms. The van der Waals surface area contributed by atoms with Crippen LogP contribution in [0.15, 0.2) is 82.8 Å². The average Bonchev–Trinajstić information content (AvgIpc) is 3.74. The Morgan fingerprint density at radius 3 is 1.64 bits per heavy atom. The summed E-state index contributed by atoms with van der Waals surface area (Å²) in [7, 11) is 0. The summed E-state index contributed by atoms with van der Waals surface area (Å²) >= 11 is 7.25. The Balaban J connectivity index is 0.000000337. The molecule has 314 valence electrons. The Hall–Kier alpha value is -0.347. The summed E-state index contributed by atoms with van der Waals surface area (Å²) in [6.07, 6.45) is 13.0. The minimum Gasteiger partial charge on any atom is -1.00 e. The van der Waals surface area contributed by atoms with Gasteiger partial charge >= 0.3 is 103 Å². The number of hydrogen-bond acceptors (Lipinski definition) is 9. The number of ether oxygens (including phenoxy) is 1. The van der Waals surface area contributed by atoms with Crippen LogP contribution in [0.5, 0.6) is 11.5 Å². The van der Waals surface area contributed by atoms with Crippen molar-refractivity contribution in [1.29, 1.82) is 0 Å². The zero-order chi connectivity index (χ0) is 42.3. The van der Waals surface area contributed by atoms with Gasteiger partial charge in [-0.3, -0.25) is 34.2 Å². The molecule has 0 saturated carbocycles. The Bertz CT molecular complexity index is 2160. The first-order valence-corrected chi connectivity index (χ1v) is 24.2. The Morgan fingerprint density at radius 1 is 0.721 bits per heavy atom. The molecule has 2 atom stereocenters. The number of amides is 2. The van der Waals surface area contributed by atoms with Crippen LogP contribution < -0.4 is 123 Å². The second-order valence-corrected chi connectivity index (χ2v) is 17.5.